The number of benzene rings is 2. The van der Waals surface area contributed by atoms with E-state index in [4.69, 9.17) is 1.37 Å². The fourth-order valence-corrected chi connectivity index (χ4v) is 2.95. The lowest BCUT2D eigenvalue weighted by Gasteiger charge is -1.97. The Labute approximate surface area is 129 Å². The molecule has 2 aromatic carbocycles. The first-order chi connectivity index (χ1) is 10.5. The number of H-pyrrole nitrogens is 2. The smallest absolute Gasteiger partial charge is 0.150 e. The molecule has 0 aliphatic carbocycles. The SMILES string of the molecule is [2H]c1ccc2c(O)c(-c3[nH]c4cc(Br)ccc4c3O)[nH]c2c1. The third-order valence-electron chi connectivity index (χ3n) is 3.60. The largest absolute Gasteiger partial charge is 0.505 e. The summed E-state index contributed by atoms with van der Waals surface area (Å²) in [5.41, 5.74) is 2.25. The topological polar surface area (TPSA) is 72.0 Å². The van der Waals surface area contributed by atoms with Crippen LogP contribution in [0.2, 0.25) is 0 Å². The lowest BCUT2D eigenvalue weighted by Crippen LogP contribution is -1.78. The zero-order valence-electron chi connectivity index (χ0n) is 11.7. The van der Waals surface area contributed by atoms with Crippen molar-refractivity contribution in [3.05, 3.63) is 46.9 Å². The standard InChI is InChI=1S/C16H11BrN2O2/c17-8-5-6-10-12(7-8)19-14(16(10)21)13-15(20)9-3-1-2-4-11(9)18-13/h1-7,18-21H/i2D. The number of aromatic hydroxyl groups is 2. The van der Waals surface area contributed by atoms with Crippen molar-refractivity contribution in [1.82, 2.24) is 9.97 Å². The van der Waals surface area contributed by atoms with E-state index in [-0.39, 0.29) is 11.5 Å². The van der Waals surface area contributed by atoms with Gasteiger partial charge in [0.05, 0.1) is 6.89 Å². The maximum atomic E-state index is 10.4. The first-order valence-corrected chi connectivity index (χ1v) is 7.16. The third-order valence-corrected chi connectivity index (χ3v) is 4.09. The van der Waals surface area contributed by atoms with Crippen LogP contribution < -0.4 is 0 Å². The summed E-state index contributed by atoms with van der Waals surface area (Å²) in [7, 11) is 0. The molecule has 0 bridgehead atoms. The summed E-state index contributed by atoms with van der Waals surface area (Å²) in [6.45, 7) is 0. The van der Waals surface area contributed by atoms with Crippen LogP contribution in [0, 0.1) is 0 Å². The van der Waals surface area contributed by atoms with Crippen molar-refractivity contribution in [3.63, 3.8) is 0 Å². The first-order valence-electron chi connectivity index (χ1n) is 6.86. The highest BCUT2D eigenvalue weighted by Gasteiger charge is 2.19. The molecule has 0 saturated heterocycles. The molecular formula is C16H11BrN2O2. The summed E-state index contributed by atoms with van der Waals surface area (Å²) in [5.74, 6) is 0.131. The molecule has 0 aliphatic rings. The Bertz CT molecular complexity index is 952. The second-order valence-corrected chi connectivity index (χ2v) is 5.77. The summed E-state index contributed by atoms with van der Waals surface area (Å²) in [5, 5.41) is 22.1. The highest BCUT2D eigenvalue weighted by molar-refractivity contribution is 9.10. The molecule has 2 aromatic heterocycles. The number of hydrogen-bond donors (Lipinski definition) is 4. The summed E-state index contributed by atoms with van der Waals surface area (Å²) in [4.78, 5) is 6.18. The molecule has 4 rings (SSSR count). The zero-order valence-corrected chi connectivity index (χ0v) is 12.3. The van der Waals surface area contributed by atoms with Gasteiger partial charge in [0.2, 0.25) is 0 Å². The molecule has 0 radical (unpaired) electrons. The van der Waals surface area contributed by atoms with Gasteiger partial charge in [-0.3, -0.25) is 0 Å². The monoisotopic (exact) mass is 343 g/mol. The van der Waals surface area contributed by atoms with E-state index >= 15 is 0 Å². The van der Waals surface area contributed by atoms with Gasteiger partial charge < -0.3 is 20.2 Å². The fourth-order valence-electron chi connectivity index (χ4n) is 2.59. The van der Waals surface area contributed by atoms with Crippen LogP contribution >= 0.6 is 15.9 Å². The van der Waals surface area contributed by atoms with Gasteiger partial charge in [0.1, 0.15) is 11.4 Å². The highest BCUT2D eigenvalue weighted by atomic mass is 79.9. The fraction of sp³-hybridized carbons (Fsp3) is 0. The average Bonchev–Trinajstić information content (AvgIpc) is 2.96. The lowest BCUT2D eigenvalue weighted by molar-refractivity contribution is 0.475. The predicted octanol–water partition coefficient (Wildman–Crippen LogP) is 4.49. The molecule has 0 amide bonds. The summed E-state index contributed by atoms with van der Waals surface area (Å²) >= 11 is 3.39. The summed E-state index contributed by atoms with van der Waals surface area (Å²) in [6.07, 6.45) is 0. The van der Waals surface area contributed by atoms with E-state index in [9.17, 15) is 10.2 Å². The van der Waals surface area contributed by atoms with Crippen LogP contribution in [-0.2, 0) is 0 Å². The van der Waals surface area contributed by atoms with Gasteiger partial charge in [0.15, 0.2) is 11.5 Å². The van der Waals surface area contributed by atoms with Crippen molar-refractivity contribution >= 4 is 37.7 Å². The quantitative estimate of drug-likeness (QED) is 0.411. The minimum atomic E-state index is 0.0518. The Morgan fingerprint density at radius 2 is 1.57 bits per heavy atom. The van der Waals surface area contributed by atoms with Crippen molar-refractivity contribution in [3.8, 4) is 22.9 Å². The van der Waals surface area contributed by atoms with Gasteiger partial charge in [0, 0.05) is 20.8 Å². The van der Waals surface area contributed by atoms with E-state index in [0.29, 0.717) is 33.7 Å². The molecule has 0 saturated carbocycles. The van der Waals surface area contributed by atoms with E-state index in [1.54, 1.807) is 24.3 Å². The van der Waals surface area contributed by atoms with Crippen LogP contribution in [0.5, 0.6) is 11.5 Å². The van der Waals surface area contributed by atoms with Gasteiger partial charge >= 0.3 is 0 Å². The van der Waals surface area contributed by atoms with Gasteiger partial charge in [0.25, 0.3) is 0 Å². The van der Waals surface area contributed by atoms with Crippen LogP contribution in [0.25, 0.3) is 33.2 Å². The summed E-state index contributed by atoms with van der Waals surface area (Å²) < 4.78 is 8.55. The number of aromatic nitrogens is 2. The van der Waals surface area contributed by atoms with E-state index in [0.717, 1.165) is 9.99 Å². The molecule has 2 heterocycles. The predicted molar refractivity (Wildman–Crippen MR) is 86.6 cm³/mol. The van der Waals surface area contributed by atoms with E-state index in [2.05, 4.69) is 25.9 Å². The van der Waals surface area contributed by atoms with Gasteiger partial charge in [-0.25, -0.2) is 0 Å². The molecule has 4 aromatic rings. The average molecular weight is 344 g/mol. The van der Waals surface area contributed by atoms with Crippen LogP contribution in [0.3, 0.4) is 0 Å². The van der Waals surface area contributed by atoms with E-state index in [1.807, 2.05) is 12.1 Å². The minimum absolute atomic E-state index is 0.0518. The van der Waals surface area contributed by atoms with Gasteiger partial charge in [-0.05, 0) is 30.3 Å². The van der Waals surface area contributed by atoms with Gasteiger partial charge in [-0.2, -0.15) is 0 Å². The Morgan fingerprint density at radius 1 is 0.905 bits per heavy atom. The molecule has 0 fully saturated rings. The van der Waals surface area contributed by atoms with Gasteiger partial charge in [-0.1, -0.05) is 28.0 Å². The molecule has 0 unspecified atom stereocenters. The Morgan fingerprint density at radius 3 is 2.33 bits per heavy atom. The maximum Gasteiger partial charge on any atom is 0.150 e. The molecule has 5 heteroatoms. The number of hydrogen-bond acceptors (Lipinski definition) is 2. The molecule has 0 spiro atoms. The normalized spacial score (nSPS) is 12.1. The molecule has 4 nitrogen and oxygen atoms in total. The van der Waals surface area contributed by atoms with Crippen LogP contribution in [0.1, 0.15) is 1.37 Å². The molecular weight excluding hydrogens is 332 g/mol. The second kappa shape index (κ2) is 4.30. The van der Waals surface area contributed by atoms with Crippen LogP contribution in [0.15, 0.2) is 46.9 Å². The molecule has 4 N–H and O–H groups in total. The summed E-state index contributed by atoms with van der Waals surface area (Å²) in [6, 6.07) is 10.8. The van der Waals surface area contributed by atoms with Crippen molar-refractivity contribution in [2.24, 2.45) is 0 Å². The van der Waals surface area contributed by atoms with Gasteiger partial charge in [-0.15, -0.1) is 0 Å². The molecule has 0 aliphatic heterocycles. The third kappa shape index (κ3) is 1.74. The number of fused-ring (bicyclic) bond motifs is 2. The molecule has 104 valence electrons. The molecule has 21 heavy (non-hydrogen) atoms. The number of halogens is 1. The van der Waals surface area contributed by atoms with Crippen molar-refractivity contribution < 1.29 is 11.6 Å². The van der Waals surface area contributed by atoms with Crippen LogP contribution in [-0.4, -0.2) is 20.2 Å². The molecule has 0 atom stereocenters. The first kappa shape index (κ1) is 11.3. The van der Waals surface area contributed by atoms with Crippen molar-refractivity contribution in [2.75, 3.05) is 0 Å². The lowest BCUT2D eigenvalue weighted by atomic mass is 10.2. The minimum Gasteiger partial charge on any atom is -0.505 e. The second-order valence-electron chi connectivity index (χ2n) is 4.86. The number of nitrogens with one attached hydrogen (secondary N) is 2. The van der Waals surface area contributed by atoms with E-state index < -0.39 is 0 Å². The number of para-hydroxylation sites is 1. The Balaban J connectivity index is 2.02. The van der Waals surface area contributed by atoms with Crippen molar-refractivity contribution in [2.45, 2.75) is 0 Å². The maximum absolute atomic E-state index is 10.4. The number of rotatable bonds is 1. The van der Waals surface area contributed by atoms with E-state index in [1.165, 1.54) is 0 Å². The van der Waals surface area contributed by atoms with Crippen molar-refractivity contribution in [1.29, 1.82) is 0 Å². The zero-order chi connectivity index (χ0) is 15.4. The van der Waals surface area contributed by atoms with Crippen LogP contribution in [0.4, 0.5) is 0 Å². The Kier molecular flexibility index (Phi) is 2.31. The number of aromatic amines is 2. The highest BCUT2D eigenvalue weighted by Crippen LogP contribution is 2.42. The Hall–Kier alpha value is -2.40.